The van der Waals surface area contributed by atoms with Gasteiger partial charge in [0.05, 0.1) is 25.6 Å². The summed E-state index contributed by atoms with van der Waals surface area (Å²) in [6.45, 7) is 2.72. The number of hydrogen-bond donors (Lipinski definition) is 1. The highest BCUT2D eigenvalue weighted by Crippen LogP contribution is 2.24. The molecule has 0 bridgehead atoms. The Morgan fingerprint density at radius 3 is 2.96 bits per heavy atom. The molecule has 0 radical (unpaired) electrons. The third kappa shape index (κ3) is 3.68. The topological polar surface area (TPSA) is 99.2 Å². The number of carbonyl (C=O) groups excluding carboxylic acids is 1. The molecule has 0 saturated carbocycles. The average molecular weight is 342 g/mol. The molecule has 130 valence electrons. The fourth-order valence-corrected chi connectivity index (χ4v) is 2.59. The standard InChI is InChI=1S/C17H18N4O4/c1-11-13-4-3-12(24-2)7-15(13)25-17(23)14(11)8-16(22)19-5-6-21-10-18-9-20-21/h3-4,7,9-10H,5-6,8H2,1-2H3,(H,19,22). The number of carbonyl (C=O) groups is 1. The summed E-state index contributed by atoms with van der Waals surface area (Å²) in [7, 11) is 1.55. The predicted molar refractivity (Wildman–Crippen MR) is 90.5 cm³/mol. The van der Waals surface area contributed by atoms with Crippen molar-refractivity contribution in [1.82, 2.24) is 20.1 Å². The molecule has 3 aromatic rings. The van der Waals surface area contributed by atoms with E-state index in [0.717, 1.165) is 10.9 Å². The van der Waals surface area contributed by atoms with Crippen LogP contribution in [0.3, 0.4) is 0 Å². The quantitative estimate of drug-likeness (QED) is 0.673. The van der Waals surface area contributed by atoms with Crippen LogP contribution in [-0.2, 0) is 17.8 Å². The third-order valence-electron chi connectivity index (χ3n) is 3.96. The van der Waals surface area contributed by atoms with Crippen LogP contribution in [0.5, 0.6) is 5.75 Å². The summed E-state index contributed by atoms with van der Waals surface area (Å²) in [4.78, 5) is 28.2. The molecule has 2 heterocycles. The summed E-state index contributed by atoms with van der Waals surface area (Å²) in [5.74, 6) is 0.358. The van der Waals surface area contributed by atoms with E-state index in [2.05, 4.69) is 15.4 Å². The van der Waals surface area contributed by atoms with Crippen molar-refractivity contribution in [3.8, 4) is 5.75 Å². The number of rotatable bonds is 6. The van der Waals surface area contributed by atoms with E-state index in [-0.39, 0.29) is 12.3 Å². The maximum atomic E-state index is 12.2. The Morgan fingerprint density at radius 2 is 2.24 bits per heavy atom. The van der Waals surface area contributed by atoms with Crippen LogP contribution in [0, 0.1) is 6.92 Å². The molecule has 2 aromatic heterocycles. The van der Waals surface area contributed by atoms with Crippen molar-refractivity contribution >= 4 is 16.9 Å². The van der Waals surface area contributed by atoms with Gasteiger partial charge in [0, 0.05) is 18.0 Å². The van der Waals surface area contributed by atoms with Crippen LogP contribution in [0.4, 0.5) is 0 Å². The molecule has 0 unspecified atom stereocenters. The third-order valence-corrected chi connectivity index (χ3v) is 3.96. The average Bonchev–Trinajstić information content (AvgIpc) is 3.11. The van der Waals surface area contributed by atoms with Gasteiger partial charge in [-0.2, -0.15) is 5.10 Å². The van der Waals surface area contributed by atoms with E-state index >= 15 is 0 Å². The minimum Gasteiger partial charge on any atom is -0.497 e. The highest BCUT2D eigenvalue weighted by molar-refractivity contribution is 5.85. The van der Waals surface area contributed by atoms with Crippen LogP contribution in [0.25, 0.3) is 11.0 Å². The number of fused-ring (bicyclic) bond motifs is 1. The molecule has 3 rings (SSSR count). The van der Waals surface area contributed by atoms with E-state index in [1.165, 1.54) is 6.33 Å². The number of nitrogens with zero attached hydrogens (tertiary/aromatic N) is 3. The summed E-state index contributed by atoms with van der Waals surface area (Å²) in [5, 5.41) is 7.50. The zero-order chi connectivity index (χ0) is 17.8. The maximum absolute atomic E-state index is 12.2. The SMILES string of the molecule is COc1ccc2c(C)c(CC(=O)NCCn3cncn3)c(=O)oc2c1. The van der Waals surface area contributed by atoms with Gasteiger partial charge in [-0.05, 0) is 24.6 Å². The highest BCUT2D eigenvalue weighted by atomic mass is 16.5. The molecule has 1 N–H and O–H groups in total. The van der Waals surface area contributed by atoms with E-state index in [1.807, 2.05) is 13.0 Å². The molecule has 0 saturated heterocycles. The molecule has 0 aliphatic rings. The molecule has 0 spiro atoms. The molecule has 1 aromatic carbocycles. The Hall–Kier alpha value is -3.16. The van der Waals surface area contributed by atoms with Crippen LogP contribution < -0.4 is 15.7 Å². The van der Waals surface area contributed by atoms with Gasteiger partial charge in [0.1, 0.15) is 24.0 Å². The zero-order valence-electron chi connectivity index (χ0n) is 14.0. The number of ether oxygens (including phenoxy) is 1. The van der Waals surface area contributed by atoms with Crippen LogP contribution in [0.1, 0.15) is 11.1 Å². The van der Waals surface area contributed by atoms with Gasteiger partial charge >= 0.3 is 5.63 Å². The Kier molecular flexibility index (Phi) is 4.78. The molecule has 0 atom stereocenters. The highest BCUT2D eigenvalue weighted by Gasteiger charge is 2.15. The lowest BCUT2D eigenvalue weighted by Gasteiger charge is -2.09. The van der Waals surface area contributed by atoms with Crippen molar-refractivity contribution in [2.45, 2.75) is 19.9 Å². The minimum atomic E-state index is -0.510. The first-order valence-corrected chi connectivity index (χ1v) is 7.78. The van der Waals surface area contributed by atoms with Gasteiger partial charge in [0.15, 0.2) is 0 Å². The number of hydrogen-bond acceptors (Lipinski definition) is 6. The number of nitrogens with one attached hydrogen (secondary N) is 1. The van der Waals surface area contributed by atoms with Crippen molar-refractivity contribution < 1.29 is 13.9 Å². The second-order valence-corrected chi connectivity index (χ2v) is 5.54. The summed E-state index contributed by atoms with van der Waals surface area (Å²) in [5.41, 5.74) is 1.03. The fourth-order valence-electron chi connectivity index (χ4n) is 2.59. The van der Waals surface area contributed by atoms with E-state index in [1.54, 1.807) is 30.3 Å². The van der Waals surface area contributed by atoms with Crippen molar-refractivity contribution in [1.29, 1.82) is 0 Å². The molecule has 0 aliphatic heterocycles. The summed E-state index contributed by atoms with van der Waals surface area (Å²) >= 11 is 0. The van der Waals surface area contributed by atoms with Gasteiger partial charge in [-0.3, -0.25) is 9.48 Å². The van der Waals surface area contributed by atoms with Crippen LogP contribution in [0.15, 0.2) is 40.1 Å². The molecule has 8 nitrogen and oxygen atoms in total. The molecule has 8 heteroatoms. The van der Waals surface area contributed by atoms with E-state index in [9.17, 15) is 9.59 Å². The molecule has 0 fully saturated rings. The first-order valence-electron chi connectivity index (χ1n) is 7.78. The molecule has 0 aliphatic carbocycles. The number of aromatic nitrogens is 3. The van der Waals surface area contributed by atoms with Crippen molar-refractivity contribution in [2.24, 2.45) is 0 Å². The molecular formula is C17H18N4O4. The van der Waals surface area contributed by atoms with Crippen LogP contribution in [0.2, 0.25) is 0 Å². The van der Waals surface area contributed by atoms with Crippen LogP contribution in [-0.4, -0.2) is 34.3 Å². The second kappa shape index (κ2) is 7.16. The summed E-state index contributed by atoms with van der Waals surface area (Å²) in [6.07, 6.45) is 2.97. The Bertz CT molecular complexity index is 947. The molecule has 25 heavy (non-hydrogen) atoms. The smallest absolute Gasteiger partial charge is 0.340 e. The Balaban J connectivity index is 1.74. The van der Waals surface area contributed by atoms with Gasteiger partial charge in [0.25, 0.3) is 0 Å². The number of methoxy groups -OCH3 is 1. The summed E-state index contributed by atoms with van der Waals surface area (Å²) in [6, 6.07) is 5.27. The van der Waals surface area contributed by atoms with Crippen LogP contribution >= 0.6 is 0 Å². The Labute approximate surface area is 143 Å². The minimum absolute atomic E-state index is 0.0342. The lowest BCUT2D eigenvalue weighted by atomic mass is 10.0. The number of aryl methyl sites for hydroxylation is 1. The lowest BCUT2D eigenvalue weighted by molar-refractivity contribution is -0.120. The Morgan fingerprint density at radius 1 is 1.40 bits per heavy atom. The van der Waals surface area contributed by atoms with Crippen molar-refractivity contribution in [2.75, 3.05) is 13.7 Å². The van der Waals surface area contributed by atoms with Gasteiger partial charge in [-0.25, -0.2) is 9.78 Å². The number of amides is 1. The first-order chi connectivity index (χ1) is 12.1. The normalized spacial score (nSPS) is 10.8. The van der Waals surface area contributed by atoms with Gasteiger partial charge < -0.3 is 14.5 Å². The van der Waals surface area contributed by atoms with E-state index in [4.69, 9.17) is 9.15 Å². The maximum Gasteiger partial charge on any atom is 0.340 e. The molecule has 1 amide bonds. The predicted octanol–water partition coefficient (Wildman–Crippen LogP) is 1.06. The summed E-state index contributed by atoms with van der Waals surface area (Å²) < 4.78 is 12.1. The second-order valence-electron chi connectivity index (χ2n) is 5.54. The zero-order valence-corrected chi connectivity index (χ0v) is 14.0. The number of benzene rings is 1. The van der Waals surface area contributed by atoms with Gasteiger partial charge in [-0.15, -0.1) is 0 Å². The largest absolute Gasteiger partial charge is 0.497 e. The van der Waals surface area contributed by atoms with E-state index < -0.39 is 5.63 Å². The van der Waals surface area contributed by atoms with Crippen molar-refractivity contribution in [3.63, 3.8) is 0 Å². The monoisotopic (exact) mass is 342 g/mol. The van der Waals surface area contributed by atoms with Gasteiger partial charge in [0.2, 0.25) is 5.91 Å². The van der Waals surface area contributed by atoms with Crippen molar-refractivity contribution in [3.05, 3.63) is 52.4 Å². The molecular weight excluding hydrogens is 324 g/mol. The fraction of sp³-hybridized carbons (Fsp3) is 0.294. The van der Waals surface area contributed by atoms with E-state index in [0.29, 0.717) is 30.0 Å². The van der Waals surface area contributed by atoms with Gasteiger partial charge in [-0.1, -0.05) is 0 Å². The lowest BCUT2D eigenvalue weighted by Crippen LogP contribution is -2.30. The first kappa shape index (κ1) is 16.7.